The summed E-state index contributed by atoms with van der Waals surface area (Å²) < 4.78 is 5.51. The van der Waals surface area contributed by atoms with Crippen molar-refractivity contribution in [1.82, 2.24) is 9.97 Å². The van der Waals surface area contributed by atoms with Crippen molar-refractivity contribution in [2.24, 2.45) is 5.73 Å². The van der Waals surface area contributed by atoms with Gasteiger partial charge in [-0.3, -0.25) is 4.79 Å². The summed E-state index contributed by atoms with van der Waals surface area (Å²) in [5.74, 6) is 0.978. The molecule has 0 spiro atoms. The molecule has 0 bridgehead atoms. The van der Waals surface area contributed by atoms with Gasteiger partial charge in [-0.25, -0.2) is 4.98 Å². The number of hydrogen-bond acceptors (Lipinski definition) is 4. The number of nitrogens with two attached hydrogens (primary N) is 2. The molecule has 0 aliphatic carbocycles. The standard InChI is InChI=1S/C14H18N4O2/c1-2-7-20-10-5-3-9(4-6-10)8-11-17-12(14(16)19)13(15)18-11/h3-6H,2,7-8,15H2,1H3,(H2,16,19)(H,17,18). The molecule has 5 N–H and O–H groups in total. The third-order valence-corrected chi connectivity index (χ3v) is 2.80. The van der Waals surface area contributed by atoms with E-state index in [0.717, 1.165) is 17.7 Å². The third-order valence-electron chi connectivity index (χ3n) is 2.80. The van der Waals surface area contributed by atoms with Crippen molar-refractivity contribution in [3.8, 4) is 5.75 Å². The second-order valence-electron chi connectivity index (χ2n) is 4.48. The lowest BCUT2D eigenvalue weighted by atomic mass is 10.1. The van der Waals surface area contributed by atoms with Gasteiger partial charge in [-0.05, 0) is 24.1 Å². The number of nitrogens with one attached hydrogen (secondary N) is 1. The molecule has 0 saturated heterocycles. The Kier molecular flexibility index (Phi) is 4.24. The number of amides is 1. The Hall–Kier alpha value is -2.50. The zero-order valence-corrected chi connectivity index (χ0v) is 11.3. The highest BCUT2D eigenvalue weighted by atomic mass is 16.5. The molecular formula is C14H18N4O2. The molecule has 1 aromatic heterocycles. The fraction of sp³-hybridized carbons (Fsp3) is 0.286. The molecule has 6 heteroatoms. The molecular weight excluding hydrogens is 256 g/mol. The van der Waals surface area contributed by atoms with E-state index in [1.54, 1.807) is 0 Å². The number of carbonyl (C=O) groups excluding carboxylic acids is 1. The summed E-state index contributed by atoms with van der Waals surface area (Å²) in [6.45, 7) is 2.77. The molecule has 0 unspecified atom stereocenters. The number of aromatic amines is 1. The van der Waals surface area contributed by atoms with Crippen LogP contribution in [0.3, 0.4) is 0 Å². The molecule has 0 aliphatic rings. The van der Waals surface area contributed by atoms with Crippen LogP contribution < -0.4 is 16.2 Å². The lowest BCUT2D eigenvalue weighted by Gasteiger charge is -2.05. The van der Waals surface area contributed by atoms with Gasteiger partial charge in [-0.15, -0.1) is 0 Å². The number of nitrogens with zero attached hydrogens (tertiary/aromatic N) is 1. The van der Waals surface area contributed by atoms with E-state index >= 15 is 0 Å². The smallest absolute Gasteiger partial charge is 0.269 e. The summed E-state index contributed by atoms with van der Waals surface area (Å²) in [5, 5.41) is 0. The second kappa shape index (κ2) is 6.10. The van der Waals surface area contributed by atoms with Gasteiger partial charge in [0.05, 0.1) is 6.61 Å². The van der Waals surface area contributed by atoms with Crippen LogP contribution in [0.15, 0.2) is 24.3 Å². The van der Waals surface area contributed by atoms with E-state index in [1.807, 2.05) is 24.3 Å². The van der Waals surface area contributed by atoms with Crippen molar-refractivity contribution >= 4 is 11.7 Å². The van der Waals surface area contributed by atoms with Crippen molar-refractivity contribution in [1.29, 1.82) is 0 Å². The van der Waals surface area contributed by atoms with Crippen molar-refractivity contribution in [2.75, 3.05) is 12.3 Å². The number of rotatable bonds is 6. The van der Waals surface area contributed by atoms with Gasteiger partial charge in [0.15, 0.2) is 5.82 Å². The molecule has 6 nitrogen and oxygen atoms in total. The van der Waals surface area contributed by atoms with E-state index in [2.05, 4.69) is 16.9 Å². The average Bonchev–Trinajstić information content (AvgIpc) is 2.79. The van der Waals surface area contributed by atoms with E-state index in [4.69, 9.17) is 16.2 Å². The molecule has 0 atom stereocenters. The molecule has 2 rings (SSSR count). The van der Waals surface area contributed by atoms with E-state index in [9.17, 15) is 4.79 Å². The normalized spacial score (nSPS) is 10.4. The molecule has 1 heterocycles. The van der Waals surface area contributed by atoms with Crippen LogP contribution in [-0.4, -0.2) is 22.5 Å². The Morgan fingerprint density at radius 2 is 2.05 bits per heavy atom. The maximum absolute atomic E-state index is 11.1. The fourth-order valence-electron chi connectivity index (χ4n) is 1.83. The summed E-state index contributed by atoms with van der Waals surface area (Å²) in [4.78, 5) is 18.0. The van der Waals surface area contributed by atoms with E-state index in [0.29, 0.717) is 18.9 Å². The minimum atomic E-state index is -0.607. The van der Waals surface area contributed by atoms with Crippen LogP contribution in [0.5, 0.6) is 5.75 Å². The first kappa shape index (κ1) is 13.9. The van der Waals surface area contributed by atoms with Crippen molar-refractivity contribution in [3.63, 3.8) is 0 Å². The second-order valence-corrected chi connectivity index (χ2v) is 4.48. The highest BCUT2D eigenvalue weighted by Crippen LogP contribution is 2.16. The van der Waals surface area contributed by atoms with Crippen molar-refractivity contribution < 1.29 is 9.53 Å². The molecule has 0 radical (unpaired) electrons. The Bertz CT molecular complexity index is 590. The highest BCUT2D eigenvalue weighted by Gasteiger charge is 2.12. The SMILES string of the molecule is CCCOc1ccc(Cc2nc(N)c(C(N)=O)[nH]2)cc1. The third kappa shape index (κ3) is 3.28. The number of hydrogen-bond donors (Lipinski definition) is 3. The van der Waals surface area contributed by atoms with Gasteiger partial charge >= 0.3 is 0 Å². The summed E-state index contributed by atoms with van der Waals surface area (Å²) >= 11 is 0. The van der Waals surface area contributed by atoms with Crippen LogP contribution in [0.2, 0.25) is 0 Å². The average molecular weight is 274 g/mol. The summed E-state index contributed by atoms with van der Waals surface area (Å²) in [7, 11) is 0. The van der Waals surface area contributed by atoms with Gasteiger partial charge in [0.25, 0.3) is 5.91 Å². The number of imidazole rings is 1. The topological polar surface area (TPSA) is 107 Å². The Morgan fingerprint density at radius 3 is 2.60 bits per heavy atom. The molecule has 1 aromatic carbocycles. The van der Waals surface area contributed by atoms with Crippen molar-refractivity contribution in [2.45, 2.75) is 19.8 Å². The minimum Gasteiger partial charge on any atom is -0.494 e. The predicted molar refractivity (Wildman–Crippen MR) is 76.6 cm³/mol. The zero-order chi connectivity index (χ0) is 14.5. The Balaban J connectivity index is 2.06. The highest BCUT2D eigenvalue weighted by molar-refractivity contribution is 5.95. The van der Waals surface area contributed by atoms with Crippen LogP contribution in [0.4, 0.5) is 5.82 Å². The molecule has 20 heavy (non-hydrogen) atoms. The van der Waals surface area contributed by atoms with Gasteiger partial charge in [-0.1, -0.05) is 19.1 Å². The number of benzene rings is 1. The molecule has 0 aliphatic heterocycles. The van der Waals surface area contributed by atoms with Gasteiger partial charge in [-0.2, -0.15) is 0 Å². The van der Waals surface area contributed by atoms with Crippen LogP contribution >= 0.6 is 0 Å². The molecule has 1 amide bonds. The number of aromatic nitrogens is 2. The number of carbonyl (C=O) groups is 1. The monoisotopic (exact) mass is 274 g/mol. The fourth-order valence-corrected chi connectivity index (χ4v) is 1.83. The number of nitrogen functional groups attached to an aromatic ring is 1. The van der Waals surface area contributed by atoms with Gasteiger partial charge in [0, 0.05) is 6.42 Å². The number of primary amides is 1. The number of anilines is 1. The quantitative estimate of drug-likeness (QED) is 0.741. The van der Waals surface area contributed by atoms with Gasteiger partial charge in [0.2, 0.25) is 0 Å². The Morgan fingerprint density at radius 1 is 1.35 bits per heavy atom. The van der Waals surface area contributed by atoms with Crippen LogP contribution in [0.25, 0.3) is 0 Å². The predicted octanol–water partition coefficient (Wildman–Crippen LogP) is 1.47. The van der Waals surface area contributed by atoms with E-state index in [-0.39, 0.29) is 11.5 Å². The Labute approximate surface area is 117 Å². The molecule has 2 aromatic rings. The summed E-state index contributed by atoms with van der Waals surface area (Å²) in [6.07, 6.45) is 1.52. The van der Waals surface area contributed by atoms with Crippen LogP contribution in [-0.2, 0) is 6.42 Å². The van der Waals surface area contributed by atoms with Gasteiger partial charge < -0.3 is 21.2 Å². The van der Waals surface area contributed by atoms with E-state index < -0.39 is 5.91 Å². The molecule has 106 valence electrons. The molecule has 0 fully saturated rings. The first-order valence-corrected chi connectivity index (χ1v) is 6.46. The van der Waals surface area contributed by atoms with Crippen molar-refractivity contribution in [3.05, 3.63) is 41.3 Å². The minimum absolute atomic E-state index is 0.135. The maximum Gasteiger partial charge on any atom is 0.269 e. The summed E-state index contributed by atoms with van der Waals surface area (Å²) in [6, 6.07) is 7.72. The van der Waals surface area contributed by atoms with Gasteiger partial charge in [0.1, 0.15) is 17.3 Å². The lowest BCUT2D eigenvalue weighted by Crippen LogP contribution is -2.13. The maximum atomic E-state index is 11.1. The largest absolute Gasteiger partial charge is 0.494 e. The van der Waals surface area contributed by atoms with E-state index in [1.165, 1.54) is 0 Å². The van der Waals surface area contributed by atoms with Crippen LogP contribution in [0.1, 0.15) is 35.2 Å². The lowest BCUT2D eigenvalue weighted by molar-refractivity contribution is 0.0997. The molecule has 0 saturated carbocycles. The zero-order valence-electron chi connectivity index (χ0n) is 11.3. The van der Waals surface area contributed by atoms with Crippen LogP contribution in [0, 0.1) is 0 Å². The first-order chi connectivity index (χ1) is 9.60. The first-order valence-electron chi connectivity index (χ1n) is 6.46. The number of H-pyrrole nitrogens is 1. The summed E-state index contributed by atoms with van der Waals surface area (Å²) in [5.41, 5.74) is 12.0. The number of ether oxygens (including phenoxy) is 1.